The van der Waals surface area contributed by atoms with E-state index in [0.29, 0.717) is 28.6 Å². The van der Waals surface area contributed by atoms with Crippen LogP contribution in [0.25, 0.3) is 4.96 Å². The van der Waals surface area contributed by atoms with Gasteiger partial charge in [-0.25, -0.2) is 4.98 Å². The van der Waals surface area contributed by atoms with Crippen LogP contribution in [-0.2, 0) is 6.54 Å². The van der Waals surface area contributed by atoms with E-state index in [1.165, 1.54) is 33.9 Å². The summed E-state index contributed by atoms with van der Waals surface area (Å²) in [6, 6.07) is 5.80. The number of nitro benzene ring substituents is 1. The molecule has 26 heavy (non-hydrogen) atoms. The number of aliphatic hydroxyl groups excluding tert-OH is 1. The molecular weight excluding hydrogens is 358 g/mol. The van der Waals surface area contributed by atoms with Gasteiger partial charge in [0.2, 0.25) is 0 Å². The highest BCUT2D eigenvalue weighted by molar-refractivity contribution is 7.15. The fourth-order valence-electron chi connectivity index (χ4n) is 2.51. The molecule has 3 aromatic rings. The van der Waals surface area contributed by atoms with Crippen LogP contribution in [0.1, 0.15) is 11.4 Å². The molecule has 9 nitrogen and oxygen atoms in total. The van der Waals surface area contributed by atoms with E-state index in [4.69, 9.17) is 5.11 Å². The Morgan fingerprint density at radius 3 is 2.85 bits per heavy atom. The Balaban J connectivity index is 1.87. The number of hydrogen-bond acceptors (Lipinski definition) is 8. The van der Waals surface area contributed by atoms with E-state index < -0.39 is 4.92 Å². The number of thiazole rings is 1. The van der Waals surface area contributed by atoms with Crippen LogP contribution in [0.2, 0.25) is 0 Å². The van der Waals surface area contributed by atoms with Gasteiger partial charge in [-0.15, -0.1) is 11.3 Å². The summed E-state index contributed by atoms with van der Waals surface area (Å²) in [5.41, 5.74) is 2.27. The Bertz CT molecular complexity index is 1010. The second-order valence-corrected chi connectivity index (χ2v) is 6.41. The van der Waals surface area contributed by atoms with E-state index in [1.54, 1.807) is 6.07 Å². The lowest BCUT2D eigenvalue weighted by atomic mass is 10.2. The molecule has 0 fully saturated rings. The van der Waals surface area contributed by atoms with Crippen molar-refractivity contribution in [2.24, 2.45) is 0 Å². The minimum absolute atomic E-state index is 0.0561. The Morgan fingerprint density at radius 2 is 2.12 bits per heavy atom. The molecule has 0 bridgehead atoms. The number of anilines is 2. The quantitative estimate of drug-likeness (QED) is 0.426. The first-order valence-corrected chi connectivity index (χ1v) is 8.71. The maximum absolute atomic E-state index is 12.2. The fourth-order valence-corrected chi connectivity index (χ4v) is 3.40. The molecule has 0 atom stereocenters. The number of nitrogens with one attached hydrogen (secondary N) is 2. The van der Waals surface area contributed by atoms with E-state index in [2.05, 4.69) is 15.6 Å². The minimum Gasteiger partial charge on any atom is -0.395 e. The van der Waals surface area contributed by atoms with Crippen molar-refractivity contribution in [3.63, 3.8) is 0 Å². The van der Waals surface area contributed by atoms with Crippen LogP contribution in [0.15, 0.2) is 34.4 Å². The first-order valence-electron chi connectivity index (χ1n) is 7.83. The van der Waals surface area contributed by atoms with E-state index in [0.717, 1.165) is 5.69 Å². The molecule has 3 rings (SSSR count). The summed E-state index contributed by atoms with van der Waals surface area (Å²) in [5.74, 6) is 0. The number of hydrogen-bond donors (Lipinski definition) is 3. The Morgan fingerprint density at radius 1 is 1.31 bits per heavy atom. The predicted molar refractivity (Wildman–Crippen MR) is 100 cm³/mol. The normalized spacial score (nSPS) is 10.8. The van der Waals surface area contributed by atoms with Gasteiger partial charge in [-0.1, -0.05) is 0 Å². The van der Waals surface area contributed by atoms with Crippen LogP contribution in [0.4, 0.5) is 17.1 Å². The first-order chi connectivity index (χ1) is 12.5. The highest BCUT2D eigenvalue weighted by atomic mass is 32.1. The molecule has 0 aliphatic carbocycles. The average Bonchev–Trinajstić information content (AvgIpc) is 2.99. The van der Waals surface area contributed by atoms with E-state index in [1.807, 2.05) is 12.3 Å². The number of nitro groups is 1. The molecule has 0 saturated heterocycles. The number of aromatic nitrogens is 2. The molecule has 0 saturated carbocycles. The molecule has 2 heterocycles. The molecular formula is C16H17N5O4S. The monoisotopic (exact) mass is 375 g/mol. The van der Waals surface area contributed by atoms with Crippen LogP contribution in [0.3, 0.4) is 0 Å². The van der Waals surface area contributed by atoms with Crippen molar-refractivity contribution in [2.45, 2.75) is 13.5 Å². The molecule has 1 aromatic carbocycles. The largest absolute Gasteiger partial charge is 0.395 e. The average molecular weight is 375 g/mol. The highest BCUT2D eigenvalue weighted by Crippen LogP contribution is 2.27. The van der Waals surface area contributed by atoms with Gasteiger partial charge in [-0.3, -0.25) is 19.3 Å². The van der Waals surface area contributed by atoms with Crippen LogP contribution in [-0.4, -0.2) is 32.6 Å². The van der Waals surface area contributed by atoms with Crippen LogP contribution in [0, 0.1) is 17.0 Å². The molecule has 0 amide bonds. The van der Waals surface area contributed by atoms with Crippen molar-refractivity contribution in [1.29, 1.82) is 0 Å². The summed E-state index contributed by atoms with van der Waals surface area (Å²) in [6.07, 6.45) is 0. The van der Waals surface area contributed by atoms with Gasteiger partial charge >= 0.3 is 0 Å². The zero-order valence-corrected chi connectivity index (χ0v) is 14.7. The van der Waals surface area contributed by atoms with E-state index >= 15 is 0 Å². The third-order valence-corrected chi connectivity index (χ3v) is 4.67. The summed E-state index contributed by atoms with van der Waals surface area (Å²) >= 11 is 1.38. The number of non-ortho nitro benzene ring substituents is 1. The molecule has 0 spiro atoms. The van der Waals surface area contributed by atoms with Gasteiger partial charge in [0.1, 0.15) is 0 Å². The topological polar surface area (TPSA) is 122 Å². The molecule has 0 radical (unpaired) electrons. The lowest BCUT2D eigenvalue weighted by Crippen LogP contribution is -2.16. The van der Waals surface area contributed by atoms with Crippen molar-refractivity contribution in [1.82, 2.24) is 9.38 Å². The smallest absolute Gasteiger partial charge is 0.271 e. The summed E-state index contributed by atoms with van der Waals surface area (Å²) in [7, 11) is 0. The van der Waals surface area contributed by atoms with Gasteiger partial charge in [-0.2, -0.15) is 0 Å². The van der Waals surface area contributed by atoms with Crippen molar-refractivity contribution in [3.05, 3.63) is 61.5 Å². The summed E-state index contributed by atoms with van der Waals surface area (Å²) in [5, 5.41) is 27.9. The molecule has 0 aliphatic heterocycles. The Labute approximate surface area is 152 Å². The molecule has 2 aromatic heterocycles. The number of aliphatic hydroxyl groups is 1. The van der Waals surface area contributed by atoms with Gasteiger partial charge in [0.05, 0.1) is 35.1 Å². The zero-order valence-electron chi connectivity index (χ0n) is 13.9. The van der Waals surface area contributed by atoms with Crippen LogP contribution in [0.5, 0.6) is 0 Å². The first kappa shape index (κ1) is 17.8. The van der Waals surface area contributed by atoms with Crippen molar-refractivity contribution in [2.75, 3.05) is 23.8 Å². The van der Waals surface area contributed by atoms with E-state index in [-0.39, 0.29) is 24.4 Å². The molecule has 3 N–H and O–H groups in total. The lowest BCUT2D eigenvalue weighted by molar-refractivity contribution is -0.384. The second kappa shape index (κ2) is 7.50. The third-order valence-electron chi connectivity index (χ3n) is 3.73. The van der Waals surface area contributed by atoms with Gasteiger partial charge in [0.15, 0.2) is 4.96 Å². The van der Waals surface area contributed by atoms with Crippen LogP contribution >= 0.6 is 11.3 Å². The minimum atomic E-state index is -0.480. The SMILES string of the molecule is Cc1csc2nc(CNc3cc([N+](=O)[O-])ccc3NCCO)cc(=O)n12. The number of fused-ring (bicyclic) bond motifs is 1. The van der Waals surface area contributed by atoms with Gasteiger partial charge in [0.25, 0.3) is 11.2 Å². The molecule has 0 unspecified atom stereocenters. The number of aryl methyl sites for hydroxylation is 1. The lowest BCUT2D eigenvalue weighted by Gasteiger charge is -2.13. The van der Waals surface area contributed by atoms with Crippen LogP contribution < -0.4 is 16.2 Å². The van der Waals surface area contributed by atoms with Gasteiger partial charge in [0, 0.05) is 35.8 Å². The van der Waals surface area contributed by atoms with Crippen molar-refractivity contribution in [3.8, 4) is 0 Å². The van der Waals surface area contributed by atoms with Gasteiger partial charge in [-0.05, 0) is 13.0 Å². The number of benzene rings is 1. The molecule has 136 valence electrons. The summed E-state index contributed by atoms with van der Waals surface area (Å²) in [4.78, 5) is 27.8. The summed E-state index contributed by atoms with van der Waals surface area (Å²) < 4.78 is 1.54. The Hall–Kier alpha value is -2.98. The second-order valence-electron chi connectivity index (χ2n) is 5.57. The predicted octanol–water partition coefficient (Wildman–Crippen LogP) is 1.99. The third kappa shape index (κ3) is 3.65. The summed E-state index contributed by atoms with van der Waals surface area (Å²) in [6.45, 7) is 2.32. The maximum atomic E-state index is 12.2. The Kier molecular flexibility index (Phi) is 5.14. The maximum Gasteiger partial charge on any atom is 0.271 e. The number of rotatable bonds is 7. The van der Waals surface area contributed by atoms with Crippen molar-refractivity contribution < 1.29 is 10.0 Å². The zero-order chi connectivity index (χ0) is 18.7. The van der Waals surface area contributed by atoms with E-state index in [9.17, 15) is 14.9 Å². The molecule has 10 heteroatoms. The highest BCUT2D eigenvalue weighted by Gasteiger charge is 2.12. The van der Waals surface area contributed by atoms with Crippen molar-refractivity contribution >= 4 is 33.4 Å². The number of nitrogens with zero attached hydrogens (tertiary/aromatic N) is 3. The van der Waals surface area contributed by atoms with Gasteiger partial charge < -0.3 is 15.7 Å². The fraction of sp³-hybridized carbons (Fsp3) is 0.250. The molecule has 0 aliphatic rings. The standard InChI is InChI=1S/C16H17N5O4S/c1-10-9-26-16-19-11(6-15(23)20(10)16)8-18-14-7-12(21(24)25)2-3-13(14)17-4-5-22/h2-3,6-7,9,17-18,22H,4-5,8H2,1H3.